The molecule has 1 heterocycles. The number of fused-ring (bicyclic) bond motifs is 1. The third-order valence-electron chi connectivity index (χ3n) is 4.30. The van der Waals surface area contributed by atoms with Gasteiger partial charge in [0.15, 0.2) is 0 Å². The Morgan fingerprint density at radius 3 is 2.86 bits per heavy atom. The number of rotatable bonds is 12. The number of aromatic amines is 1. The Hall–Kier alpha value is -2.85. The number of nitrogens with zero attached hydrogens (tertiary/aromatic N) is 1. The van der Waals surface area contributed by atoms with E-state index in [0.717, 1.165) is 16.6 Å². The topological polar surface area (TPSA) is 139 Å². The maximum Gasteiger partial charge on any atom is 0.294 e. The molecule has 1 amide bonds. The smallest absolute Gasteiger partial charge is 0.294 e. The molecule has 0 aliphatic carbocycles. The predicted molar refractivity (Wildman–Crippen MR) is 107 cm³/mol. The van der Waals surface area contributed by atoms with Crippen LogP contribution in [0.4, 0.5) is 0 Å². The van der Waals surface area contributed by atoms with Gasteiger partial charge < -0.3 is 30.3 Å². The van der Waals surface area contributed by atoms with Crippen LogP contribution in [0.25, 0.3) is 10.9 Å². The second kappa shape index (κ2) is 10.1. The highest BCUT2D eigenvalue weighted by Gasteiger charge is 2.28. The summed E-state index contributed by atoms with van der Waals surface area (Å²) in [6.07, 6.45) is -0.717. The first-order chi connectivity index (χ1) is 13.7. The minimum absolute atomic E-state index is 0.133. The molecule has 0 spiro atoms. The molecule has 29 heavy (non-hydrogen) atoms. The molecule has 0 aliphatic rings. The normalized spacial score (nSPS) is 12.6. The van der Waals surface area contributed by atoms with Crippen LogP contribution in [0.1, 0.15) is 19.5 Å². The zero-order valence-electron chi connectivity index (χ0n) is 16.9. The van der Waals surface area contributed by atoms with Crippen molar-refractivity contribution in [3.05, 3.63) is 40.1 Å². The van der Waals surface area contributed by atoms with E-state index in [0.29, 0.717) is 25.4 Å². The summed E-state index contributed by atoms with van der Waals surface area (Å²) in [4.78, 5) is 29.8. The molecular formula is C19H28N4O6. The van der Waals surface area contributed by atoms with Gasteiger partial charge in [-0.3, -0.25) is 4.79 Å². The number of aliphatic hydroxyl groups is 1. The van der Waals surface area contributed by atoms with Crippen molar-refractivity contribution in [3.8, 4) is 5.75 Å². The molecule has 1 unspecified atom stereocenters. The maximum absolute atomic E-state index is 12.0. The van der Waals surface area contributed by atoms with Gasteiger partial charge in [-0.1, -0.05) is 6.07 Å². The molecule has 10 heteroatoms. The number of aliphatic hydroxyl groups excluding tert-OH is 1. The molecule has 0 fully saturated rings. The minimum atomic E-state index is -1.02. The third kappa shape index (κ3) is 6.91. The van der Waals surface area contributed by atoms with Crippen LogP contribution in [0.5, 0.6) is 5.75 Å². The van der Waals surface area contributed by atoms with Crippen molar-refractivity contribution in [1.29, 1.82) is 0 Å². The quantitative estimate of drug-likeness (QED) is 0.235. The maximum atomic E-state index is 12.0. The van der Waals surface area contributed by atoms with Crippen LogP contribution >= 0.6 is 0 Å². The fraction of sp³-hybridized carbons (Fsp3) is 0.526. The Morgan fingerprint density at radius 2 is 2.14 bits per heavy atom. The monoisotopic (exact) mass is 408 g/mol. The fourth-order valence-electron chi connectivity index (χ4n) is 2.69. The number of carbonyl (C=O) groups excluding carboxylic acids is 1. The highest BCUT2D eigenvalue weighted by molar-refractivity contribution is 5.86. The van der Waals surface area contributed by atoms with E-state index in [1.807, 2.05) is 31.2 Å². The summed E-state index contributed by atoms with van der Waals surface area (Å²) in [7, 11) is 0. The van der Waals surface area contributed by atoms with Crippen LogP contribution in [-0.2, 0) is 9.63 Å². The fourth-order valence-corrected chi connectivity index (χ4v) is 2.69. The molecule has 0 saturated carbocycles. The van der Waals surface area contributed by atoms with Gasteiger partial charge >= 0.3 is 0 Å². The number of aryl methyl sites for hydroxylation is 1. The number of nitrogens with one attached hydrogen (secondary N) is 3. The van der Waals surface area contributed by atoms with E-state index < -0.39 is 16.6 Å². The molecule has 0 bridgehead atoms. The number of aromatic nitrogens is 1. The van der Waals surface area contributed by atoms with E-state index in [-0.39, 0.29) is 19.1 Å². The van der Waals surface area contributed by atoms with Gasteiger partial charge in [-0.25, -0.2) is 0 Å². The zero-order valence-corrected chi connectivity index (χ0v) is 16.9. The molecule has 0 aliphatic heterocycles. The van der Waals surface area contributed by atoms with Gasteiger partial charge in [0, 0.05) is 36.2 Å². The summed E-state index contributed by atoms with van der Waals surface area (Å²) in [5.41, 5.74) is 1.00. The van der Waals surface area contributed by atoms with Crippen LogP contribution in [0, 0.1) is 22.5 Å². The van der Waals surface area contributed by atoms with E-state index in [4.69, 9.17) is 4.74 Å². The van der Waals surface area contributed by atoms with Crippen LogP contribution in [-0.4, -0.2) is 60.0 Å². The Labute approximate surface area is 168 Å². The molecular weight excluding hydrogens is 380 g/mol. The molecule has 10 nitrogen and oxygen atoms in total. The van der Waals surface area contributed by atoms with Gasteiger partial charge in [0.1, 0.15) is 25.1 Å². The molecule has 0 radical (unpaired) electrons. The molecule has 1 aromatic heterocycles. The lowest BCUT2D eigenvalue weighted by molar-refractivity contribution is -0.760. The average molecular weight is 408 g/mol. The summed E-state index contributed by atoms with van der Waals surface area (Å²) < 4.78 is 5.73. The van der Waals surface area contributed by atoms with Crippen molar-refractivity contribution >= 4 is 16.8 Å². The number of benzene rings is 1. The van der Waals surface area contributed by atoms with Crippen LogP contribution < -0.4 is 15.4 Å². The predicted octanol–water partition coefficient (Wildman–Crippen LogP) is 1.16. The molecule has 160 valence electrons. The number of hydrogen-bond acceptors (Lipinski definition) is 7. The molecule has 1 aromatic carbocycles. The van der Waals surface area contributed by atoms with Gasteiger partial charge in [-0.05, 0) is 39.0 Å². The van der Waals surface area contributed by atoms with E-state index in [1.54, 1.807) is 13.8 Å². The lowest BCUT2D eigenvalue weighted by Crippen LogP contribution is -2.43. The first kappa shape index (κ1) is 22.4. The van der Waals surface area contributed by atoms with E-state index in [2.05, 4.69) is 20.5 Å². The van der Waals surface area contributed by atoms with E-state index in [9.17, 15) is 20.0 Å². The Kier molecular flexibility index (Phi) is 7.80. The van der Waals surface area contributed by atoms with E-state index in [1.165, 1.54) is 0 Å². The average Bonchev–Trinajstić information content (AvgIpc) is 3.05. The van der Waals surface area contributed by atoms with Gasteiger partial charge in [0.25, 0.3) is 5.09 Å². The number of amides is 1. The summed E-state index contributed by atoms with van der Waals surface area (Å²) in [6.45, 7) is 5.96. The van der Waals surface area contributed by atoms with Crippen molar-refractivity contribution in [2.24, 2.45) is 5.41 Å². The van der Waals surface area contributed by atoms with Gasteiger partial charge in [0.05, 0.1) is 5.41 Å². The van der Waals surface area contributed by atoms with Crippen molar-refractivity contribution in [2.75, 3.05) is 32.8 Å². The van der Waals surface area contributed by atoms with Crippen molar-refractivity contribution in [3.63, 3.8) is 0 Å². The number of ether oxygens (including phenoxy) is 1. The Morgan fingerprint density at radius 1 is 1.38 bits per heavy atom. The molecule has 4 N–H and O–H groups in total. The second-order valence-corrected chi connectivity index (χ2v) is 7.48. The summed E-state index contributed by atoms with van der Waals surface area (Å²) >= 11 is 0. The SMILES string of the molecule is Cc1cc2c(OCC(O)CNCCNC(=O)C(C)(C)CO[N+](=O)[O-])cccc2[nH]1. The molecule has 2 rings (SSSR count). The first-order valence-electron chi connectivity index (χ1n) is 9.34. The summed E-state index contributed by atoms with van der Waals surface area (Å²) in [5, 5.41) is 26.1. The van der Waals surface area contributed by atoms with Crippen molar-refractivity contribution in [2.45, 2.75) is 26.9 Å². The van der Waals surface area contributed by atoms with Crippen molar-refractivity contribution < 1.29 is 24.6 Å². The lowest BCUT2D eigenvalue weighted by atomic mass is 9.94. The largest absolute Gasteiger partial charge is 0.490 e. The molecule has 0 saturated heterocycles. The van der Waals surface area contributed by atoms with Gasteiger partial charge in [-0.15, -0.1) is 10.1 Å². The second-order valence-electron chi connectivity index (χ2n) is 7.48. The Bertz CT molecular complexity index is 835. The van der Waals surface area contributed by atoms with Gasteiger partial charge in [-0.2, -0.15) is 0 Å². The van der Waals surface area contributed by atoms with Crippen LogP contribution in [0.15, 0.2) is 24.3 Å². The van der Waals surface area contributed by atoms with Crippen LogP contribution in [0.3, 0.4) is 0 Å². The number of H-pyrrole nitrogens is 1. The standard InChI is InChI=1S/C19H28N4O6/c1-13-9-15-16(22-13)5-4-6-17(15)28-11-14(24)10-20-7-8-21-18(25)19(2,3)12-29-23(26)27/h4-6,9,14,20,22,24H,7-8,10-12H2,1-3H3,(H,21,25). The van der Waals surface area contributed by atoms with E-state index >= 15 is 0 Å². The third-order valence-corrected chi connectivity index (χ3v) is 4.30. The highest BCUT2D eigenvalue weighted by Crippen LogP contribution is 2.26. The summed E-state index contributed by atoms with van der Waals surface area (Å²) in [6, 6.07) is 7.71. The number of carbonyl (C=O) groups is 1. The lowest BCUT2D eigenvalue weighted by Gasteiger charge is -2.22. The minimum Gasteiger partial charge on any atom is -0.490 e. The van der Waals surface area contributed by atoms with Gasteiger partial charge in [0.2, 0.25) is 5.91 Å². The zero-order chi connectivity index (χ0) is 21.4. The summed E-state index contributed by atoms with van der Waals surface area (Å²) in [5.74, 6) is 0.359. The number of hydrogen-bond donors (Lipinski definition) is 4. The highest BCUT2D eigenvalue weighted by atomic mass is 16.9. The Balaban J connectivity index is 1.65. The molecule has 1 atom stereocenters. The van der Waals surface area contributed by atoms with Crippen LogP contribution in [0.2, 0.25) is 0 Å². The van der Waals surface area contributed by atoms with Crippen molar-refractivity contribution in [1.82, 2.24) is 15.6 Å². The molecule has 2 aromatic rings. The first-order valence-corrected chi connectivity index (χ1v) is 9.34.